The first-order valence-corrected chi connectivity index (χ1v) is 6.90. The van der Waals surface area contributed by atoms with E-state index in [0.717, 1.165) is 0 Å². The number of hydrogen-bond donors (Lipinski definition) is 0. The van der Waals surface area contributed by atoms with Gasteiger partial charge in [-0.2, -0.15) is 0 Å². The van der Waals surface area contributed by atoms with Crippen LogP contribution in [0.5, 0.6) is 0 Å². The Labute approximate surface area is 123 Å². The number of ketones is 1. The van der Waals surface area contributed by atoms with E-state index >= 15 is 0 Å². The zero-order valence-corrected chi connectivity index (χ0v) is 12.3. The highest BCUT2D eigenvalue weighted by Gasteiger charge is 2.12. The first-order chi connectivity index (χ1) is 9.49. The summed E-state index contributed by atoms with van der Waals surface area (Å²) < 4.78 is 13.0. The molecule has 3 heteroatoms. The Kier molecular flexibility index (Phi) is 4.56. The number of rotatable bonds is 4. The largest absolute Gasteiger partial charge is 0.294 e. The fourth-order valence-electron chi connectivity index (χ4n) is 2.33. The first-order valence-electron chi connectivity index (χ1n) is 6.52. The summed E-state index contributed by atoms with van der Waals surface area (Å²) >= 11 is 5.91. The predicted octanol–water partition coefficient (Wildman–Crippen LogP) is 4.91. The van der Waals surface area contributed by atoms with E-state index in [1.165, 1.54) is 34.9 Å². The third-order valence-corrected chi connectivity index (χ3v) is 3.79. The van der Waals surface area contributed by atoms with Gasteiger partial charge in [-0.15, -0.1) is 0 Å². The Hall–Kier alpha value is -1.67. The van der Waals surface area contributed by atoms with E-state index in [9.17, 15) is 9.18 Å². The van der Waals surface area contributed by atoms with Gasteiger partial charge in [0.2, 0.25) is 0 Å². The predicted molar refractivity (Wildman–Crippen MR) is 80.0 cm³/mol. The molecule has 104 valence electrons. The van der Waals surface area contributed by atoms with Crippen molar-refractivity contribution in [3.8, 4) is 0 Å². The molecule has 20 heavy (non-hydrogen) atoms. The molecule has 2 rings (SSSR count). The van der Waals surface area contributed by atoms with Crippen molar-refractivity contribution >= 4 is 17.4 Å². The second-order valence-corrected chi connectivity index (χ2v) is 5.32. The molecule has 1 nitrogen and oxygen atoms in total. The quantitative estimate of drug-likeness (QED) is 0.731. The van der Waals surface area contributed by atoms with E-state index in [-0.39, 0.29) is 10.8 Å². The smallest absolute Gasteiger partial charge is 0.164 e. The maximum absolute atomic E-state index is 13.0. The number of hydrogen-bond acceptors (Lipinski definition) is 1. The summed E-state index contributed by atoms with van der Waals surface area (Å²) in [5, 5.41) is 0.177. The van der Waals surface area contributed by atoms with Crippen molar-refractivity contribution in [1.29, 1.82) is 0 Å². The summed E-state index contributed by atoms with van der Waals surface area (Å²) in [5.74, 6) is -0.487. The zero-order chi connectivity index (χ0) is 14.7. The van der Waals surface area contributed by atoms with Gasteiger partial charge in [-0.1, -0.05) is 29.8 Å². The number of carbonyl (C=O) groups excluding carboxylic acids is 1. The number of benzene rings is 2. The highest BCUT2D eigenvalue weighted by atomic mass is 35.5. The molecule has 0 aliphatic heterocycles. The van der Waals surface area contributed by atoms with E-state index in [4.69, 9.17) is 11.6 Å². The Balaban J connectivity index is 2.13. The van der Waals surface area contributed by atoms with E-state index in [2.05, 4.69) is 0 Å². The van der Waals surface area contributed by atoms with Crippen LogP contribution in [0.15, 0.2) is 36.4 Å². The molecule has 0 amide bonds. The van der Waals surface area contributed by atoms with Gasteiger partial charge in [0.05, 0.1) is 5.02 Å². The number of halogens is 2. The molecule has 0 spiro atoms. The van der Waals surface area contributed by atoms with Crippen LogP contribution in [0.3, 0.4) is 0 Å². The van der Waals surface area contributed by atoms with E-state index < -0.39 is 5.82 Å². The number of carbonyl (C=O) groups is 1. The summed E-state index contributed by atoms with van der Waals surface area (Å²) in [6.07, 6.45) is 1.04. The molecule has 0 heterocycles. The van der Waals surface area contributed by atoms with Crippen molar-refractivity contribution < 1.29 is 9.18 Å². The van der Waals surface area contributed by atoms with Crippen LogP contribution in [-0.4, -0.2) is 5.78 Å². The molecule has 0 saturated heterocycles. The molecular formula is C17H16ClFO. The standard InChI is InChI=1S/C17H16ClFO/c1-11-4-3-5-12(2)14(11)8-9-17(20)15-7-6-13(19)10-16(15)18/h3-7,10H,8-9H2,1-2H3. The average Bonchev–Trinajstić information content (AvgIpc) is 2.37. The van der Waals surface area contributed by atoms with Gasteiger partial charge in [-0.25, -0.2) is 4.39 Å². The molecule has 0 fully saturated rings. The lowest BCUT2D eigenvalue weighted by Gasteiger charge is -2.09. The van der Waals surface area contributed by atoms with Crippen molar-refractivity contribution in [3.63, 3.8) is 0 Å². The zero-order valence-electron chi connectivity index (χ0n) is 11.5. The normalized spacial score (nSPS) is 10.6. The summed E-state index contributed by atoms with van der Waals surface area (Å²) in [6.45, 7) is 4.08. The summed E-state index contributed by atoms with van der Waals surface area (Å²) in [5.41, 5.74) is 3.95. The average molecular weight is 291 g/mol. The van der Waals surface area contributed by atoms with Gasteiger partial charge in [0.15, 0.2) is 5.78 Å². The maximum atomic E-state index is 13.0. The lowest BCUT2D eigenvalue weighted by Crippen LogP contribution is -2.04. The molecule has 2 aromatic carbocycles. The molecule has 0 saturated carbocycles. The summed E-state index contributed by atoms with van der Waals surface area (Å²) in [6, 6.07) is 9.97. The molecular weight excluding hydrogens is 275 g/mol. The van der Waals surface area contributed by atoms with Crippen molar-refractivity contribution in [2.24, 2.45) is 0 Å². The van der Waals surface area contributed by atoms with Crippen molar-refractivity contribution in [1.82, 2.24) is 0 Å². The highest BCUT2D eigenvalue weighted by Crippen LogP contribution is 2.21. The number of aryl methyl sites for hydroxylation is 2. The molecule has 0 atom stereocenters. The molecule has 0 N–H and O–H groups in total. The minimum absolute atomic E-state index is 0.0577. The lowest BCUT2D eigenvalue weighted by atomic mass is 9.96. The highest BCUT2D eigenvalue weighted by molar-refractivity contribution is 6.33. The van der Waals surface area contributed by atoms with Gasteiger partial charge < -0.3 is 0 Å². The first kappa shape index (κ1) is 14.7. The van der Waals surface area contributed by atoms with Crippen LogP contribution in [0.4, 0.5) is 4.39 Å². The monoisotopic (exact) mass is 290 g/mol. The van der Waals surface area contributed by atoms with Crippen LogP contribution >= 0.6 is 11.6 Å². The Morgan fingerprint density at radius 2 is 1.80 bits per heavy atom. The van der Waals surface area contributed by atoms with Crippen LogP contribution in [0.1, 0.15) is 33.5 Å². The molecule has 0 aliphatic rings. The molecule has 0 radical (unpaired) electrons. The van der Waals surface area contributed by atoms with Crippen LogP contribution in [0.25, 0.3) is 0 Å². The van der Waals surface area contributed by atoms with Crippen molar-refractivity contribution in [3.05, 3.63) is 69.5 Å². The van der Waals surface area contributed by atoms with Gasteiger partial charge >= 0.3 is 0 Å². The van der Waals surface area contributed by atoms with Crippen LogP contribution in [0, 0.1) is 19.7 Å². The minimum atomic E-state index is -0.429. The van der Waals surface area contributed by atoms with Crippen molar-refractivity contribution in [2.45, 2.75) is 26.7 Å². The van der Waals surface area contributed by atoms with E-state index in [1.807, 2.05) is 32.0 Å². The summed E-state index contributed by atoms with van der Waals surface area (Å²) in [7, 11) is 0. The second-order valence-electron chi connectivity index (χ2n) is 4.92. The molecule has 0 aliphatic carbocycles. The molecule has 0 unspecified atom stereocenters. The lowest BCUT2D eigenvalue weighted by molar-refractivity contribution is 0.0983. The second kappa shape index (κ2) is 6.19. The van der Waals surface area contributed by atoms with E-state index in [0.29, 0.717) is 18.4 Å². The SMILES string of the molecule is Cc1cccc(C)c1CCC(=O)c1ccc(F)cc1Cl. The van der Waals surface area contributed by atoms with Crippen LogP contribution in [-0.2, 0) is 6.42 Å². The Morgan fingerprint density at radius 1 is 1.15 bits per heavy atom. The van der Waals surface area contributed by atoms with Gasteiger partial charge in [-0.3, -0.25) is 4.79 Å². The molecule has 2 aromatic rings. The third kappa shape index (κ3) is 3.26. The van der Waals surface area contributed by atoms with Gasteiger partial charge in [0.25, 0.3) is 0 Å². The third-order valence-electron chi connectivity index (χ3n) is 3.48. The van der Waals surface area contributed by atoms with Gasteiger partial charge in [0.1, 0.15) is 5.82 Å². The Bertz CT molecular complexity index is 629. The summed E-state index contributed by atoms with van der Waals surface area (Å²) in [4.78, 5) is 12.2. The topological polar surface area (TPSA) is 17.1 Å². The Morgan fingerprint density at radius 3 is 2.40 bits per heavy atom. The van der Waals surface area contributed by atoms with Gasteiger partial charge in [-0.05, 0) is 55.2 Å². The van der Waals surface area contributed by atoms with Crippen LogP contribution < -0.4 is 0 Å². The molecule has 0 bridgehead atoms. The minimum Gasteiger partial charge on any atom is -0.294 e. The van der Waals surface area contributed by atoms with Crippen molar-refractivity contribution in [2.75, 3.05) is 0 Å². The molecule has 0 aromatic heterocycles. The van der Waals surface area contributed by atoms with E-state index in [1.54, 1.807) is 0 Å². The maximum Gasteiger partial charge on any atom is 0.164 e. The fraction of sp³-hybridized carbons (Fsp3) is 0.235. The van der Waals surface area contributed by atoms with Gasteiger partial charge in [0, 0.05) is 12.0 Å². The number of Topliss-reactive ketones (excluding diaryl/α,β-unsaturated/α-hetero) is 1. The van der Waals surface area contributed by atoms with Crippen LogP contribution in [0.2, 0.25) is 5.02 Å². The fourth-order valence-corrected chi connectivity index (χ4v) is 2.60.